The number of Topliss-reactive ketones (excluding diaryl/α,β-unsaturated/α-hetero) is 1. The molecule has 1 aromatic heterocycles. The fraction of sp³-hybridized carbons (Fsp3) is 0.636. The topological polar surface area (TPSA) is 59.2 Å². The third kappa shape index (κ3) is 3.37. The van der Waals surface area contributed by atoms with E-state index in [2.05, 4.69) is 9.88 Å². The van der Waals surface area contributed by atoms with Gasteiger partial charge in [0.15, 0.2) is 5.78 Å². The Labute approximate surface area is 99.5 Å². The molecule has 5 heteroatoms. The van der Waals surface area contributed by atoms with Crippen molar-refractivity contribution in [1.29, 1.82) is 0 Å². The van der Waals surface area contributed by atoms with E-state index in [0.717, 1.165) is 30.9 Å². The van der Waals surface area contributed by atoms with Crippen LogP contribution in [0.15, 0.2) is 11.6 Å². The van der Waals surface area contributed by atoms with Gasteiger partial charge in [0.2, 0.25) is 0 Å². The zero-order valence-corrected chi connectivity index (χ0v) is 10.1. The molecule has 0 atom stereocenters. The number of rotatable bonds is 4. The van der Waals surface area contributed by atoms with Gasteiger partial charge in [0.1, 0.15) is 0 Å². The summed E-state index contributed by atoms with van der Waals surface area (Å²) in [7, 11) is 0. The maximum absolute atomic E-state index is 11.8. The number of thiazole rings is 1. The lowest BCUT2D eigenvalue weighted by atomic mass is 10.1. The molecule has 1 fully saturated rings. The molecular weight excluding hydrogens is 222 g/mol. The van der Waals surface area contributed by atoms with Crippen molar-refractivity contribution in [2.45, 2.75) is 25.3 Å². The SMILES string of the molecule is NC1CCN(CC(=O)Cc2nccs2)CC1. The van der Waals surface area contributed by atoms with Crippen molar-refractivity contribution in [2.75, 3.05) is 19.6 Å². The molecule has 0 aliphatic carbocycles. The minimum absolute atomic E-state index is 0.255. The number of likely N-dealkylation sites (tertiary alicyclic amines) is 1. The van der Waals surface area contributed by atoms with Gasteiger partial charge in [-0.25, -0.2) is 4.98 Å². The van der Waals surface area contributed by atoms with E-state index in [9.17, 15) is 4.79 Å². The molecule has 0 bridgehead atoms. The zero-order valence-electron chi connectivity index (χ0n) is 9.26. The number of hydrogen-bond acceptors (Lipinski definition) is 5. The van der Waals surface area contributed by atoms with E-state index in [1.165, 1.54) is 0 Å². The smallest absolute Gasteiger partial charge is 0.153 e. The Morgan fingerprint density at radius 3 is 2.94 bits per heavy atom. The highest BCUT2D eigenvalue weighted by Gasteiger charge is 2.18. The van der Waals surface area contributed by atoms with Crippen LogP contribution >= 0.6 is 11.3 Å². The van der Waals surface area contributed by atoms with E-state index in [0.29, 0.717) is 19.0 Å². The molecule has 0 radical (unpaired) electrons. The first-order valence-corrected chi connectivity index (χ1v) is 6.50. The van der Waals surface area contributed by atoms with E-state index < -0.39 is 0 Å². The highest BCUT2D eigenvalue weighted by atomic mass is 32.1. The van der Waals surface area contributed by atoms with E-state index >= 15 is 0 Å². The average Bonchev–Trinajstić information content (AvgIpc) is 2.74. The highest BCUT2D eigenvalue weighted by molar-refractivity contribution is 7.09. The number of piperidine rings is 1. The van der Waals surface area contributed by atoms with Crippen molar-refractivity contribution >= 4 is 17.1 Å². The molecule has 4 nitrogen and oxygen atoms in total. The molecule has 1 saturated heterocycles. The van der Waals surface area contributed by atoms with E-state index in [4.69, 9.17) is 5.73 Å². The number of nitrogens with zero attached hydrogens (tertiary/aromatic N) is 2. The summed E-state index contributed by atoms with van der Waals surface area (Å²) >= 11 is 1.54. The minimum Gasteiger partial charge on any atom is -0.328 e. The molecule has 1 aliphatic heterocycles. The fourth-order valence-corrected chi connectivity index (χ4v) is 2.57. The maximum Gasteiger partial charge on any atom is 0.153 e. The van der Waals surface area contributed by atoms with Crippen molar-refractivity contribution in [3.8, 4) is 0 Å². The molecule has 0 unspecified atom stereocenters. The van der Waals surface area contributed by atoms with Crippen molar-refractivity contribution in [2.24, 2.45) is 5.73 Å². The van der Waals surface area contributed by atoms with Crippen molar-refractivity contribution in [3.05, 3.63) is 16.6 Å². The van der Waals surface area contributed by atoms with Crippen molar-refractivity contribution < 1.29 is 4.79 Å². The van der Waals surface area contributed by atoms with Crippen LogP contribution in [0.5, 0.6) is 0 Å². The number of hydrogen-bond donors (Lipinski definition) is 1. The lowest BCUT2D eigenvalue weighted by Gasteiger charge is -2.29. The van der Waals surface area contributed by atoms with Gasteiger partial charge < -0.3 is 5.73 Å². The number of nitrogens with two attached hydrogens (primary N) is 1. The first-order valence-electron chi connectivity index (χ1n) is 5.62. The largest absolute Gasteiger partial charge is 0.328 e. The van der Waals surface area contributed by atoms with Gasteiger partial charge in [-0.05, 0) is 12.8 Å². The Balaban J connectivity index is 1.75. The second-order valence-electron chi connectivity index (χ2n) is 4.25. The van der Waals surface area contributed by atoms with Crippen molar-refractivity contribution in [3.63, 3.8) is 0 Å². The monoisotopic (exact) mass is 239 g/mol. The van der Waals surface area contributed by atoms with Crippen LogP contribution in [0.3, 0.4) is 0 Å². The molecule has 16 heavy (non-hydrogen) atoms. The zero-order chi connectivity index (χ0) is 11.4. The Kier molecular flexibility index (Phi) is 4.04. The predicted molar refractivity (Wildman–Crippen MR) is 64.5 cm³/mol. The van der Waals surface area contributed by atoms with Gasteiger partial charge in [-0.2, -0.15) is 0 Å². The second kappa shape index (κ2) is 5.52. The lowest BCUT2D eigenvalue weighted by Crippen LogP contribution is -2.42. The van der Waals surface area contributed by atoms with Crippen LogP contribution in [0.2, 0.25) is 0 Å². The minimum atomic E-state index is 0.255. The standard InChI is InChI=1S/C11H17N3OS/c12-9-1-4-14(5-2-9)8-10(15)7-11-13-3-6-16-11/h3,6,9H,1-2,4-5,7-8,12H2. The molecule has 1 aliphatic rings. The number of carbonyl (C=O) groups excluding carboxylic acids is 1. The van der Waals surface area contributed by atoms with Crippen LogP contribution in [-0.2, 0) is 11.2 Å². The first kappa shape index (κ1) is 11.7. The molecule has 0 saturated carbocycles. The Hall–Kier alpha value is -0.780. The number of ketones is 1. The van der Waals surface area contributed by atoms with Gasteiger partial charge in [-0.15, -0.1) is 11.3 Å². The summed E-state index contributed by atoms with van der Waals surface area (Å²) < 4.78 is 0. The van der Waals surface area contributed by atoms with E-state index in [1.54, 1.807) is 17.5 Å². The summed E-state index contributed by atoms with van der Waals surface area (Å²) in [5, 5.41) is 2.82. The predicted octanol–water partition coefficient (Wildman–Crippen LogP) is 0.678. The molecule has 0 aromatic carbocycles. The number of aromatic nitrogens is 1. The van der Waals surface area contributed by atoms with Crippen LogP contribution < -0.4 is 5.73 Å². The van der Waals surface area contributed by atoms with Crippen LogP contribution in [0.1, 0.15) is 17.8 Å². The van der Waals surface area contributed by atoms with Gasteiger partial charge in [0.05, 0.1) is 18.0 Å². The second-order valence-corrected chi connectivity index (χ2v) is 5.23. The molecule has 2 heterocycles. The van der Waals surface area contributed by atoms with Gasteiger partial charge in [0.25, 0.3) is 0 Å². The highest BCUT2D eigenvalue weighted by Crippen LogP contribution is 2.09. The summed E-state index contributed by atoms with van der Waals surface area (Å²) in [5.41, 5.74) is 5.82. The van der Waals surface area contributed by atoms with Gasteiger partial charge >= 0.3 is 0 Å². The van der Waals surface area contributed by atoms with Crippen LogP contribution in [0, 0.1) is 0 Å². The summed E-state index contributed by atoms with van der Waals surface area (Å²) in [5.74, 6) is 0.255. The van der Waals surface area contributed by atoms with Crippen LogP contribution in [0.25, 0.3) is 0 Å². The normalized spacial score (nSPS) is 18.8. The molecule has 1 aromatic rings. The van der Waals surface area contributed by atoms with Crippen LogP contribution in [-0.4, -0.2) is 41.3 Å². The molecule has 0 spiro atoms. The first-order chi connectivity index (χ1) is 7.74. The van der Waals surface area contributed by atoms with E-state index in [1.807, 2.05) is 5.38 Å². The van der Waals surface area contributed by atoms with Crippen molar-refractivity contribution in [1.82, 2.24) is 9.88 Å². The molecule has 2 rings (SSSR count). The maximum atomic E-state index is 11.8. The third-order valence-electron chi connectivity index (χ3n) is 2.86. The third-order valence-corrected chi connectivity index (χ3v) is 3.64. The average molecular weight is 239 g/mol. The molecule has 88 valence electrons. The molecule has 2 N–H and O–H groups in total. The van der Waals surface area contributed by atoms with Gasteiger partial charge in [-0.1, -0.05) is 0 Å². The number of carbonyl (C=O) groups is 1. The summed E-state index contributed by atoms with van der Waals surface area (Å²) in [6.07, 6.45) is 4.22. The molecular formula is C11H17N3OS. The van der Waals surface area contributed by atoms with Crippen LogP contribution in [0.4, 0.5) is 0 Å². The Morgan fingerprint density at radius 1 is 1.56 bits per heavy atom. The Morgan fingerprint density at radius 2 is 2.31 bits per heavy atom. The fourth-order valence-electron chi connectivity index (χ4n) is 1.93. The van der Waals surface area contributed by atoms with Gasteiger partial charge in [0, 0.05) is 30.7 Å². The molecule has 0 amide bonds. The summed E-state index contributed by atoms with van der Waals surface area (Å²) in [4.78, 5) is 18.1. The van der Waals surface area contributed by atoms with Gasteiger partial charge in [-0.3, -0.25) is 9.69 Å². The summed E-state index contributed by atoms with van der Waals surface area (Å²) in [6, 6.07) is 0.324. The van der Waals surface area contributed by atoms with E-state index in [-0.39, 0.29) is 5.78 Å². The summed E-state index contributed by atoms with van der Waals surface area (Å²) in [6.45, 7) is 2.45. The quantitative estimate of drug-likeness (QED) is 0.839. The lowest BCUT2D eigenvalue weighted by molar-refractivity contribution is -0.119. The Bertz CT molecular complexity index is 331.